The van der Waals surface area contributed by atoms with Crippen LogP contribution in [0.2, 0.25) is 0 Å². The van der Waals surface area contributed by atoms with E-state index in [1.807, 2.05) is 24.1 Å². The maximum Gasteiger partial charge on any atom is 0.246 e. The number of hydrogen-bond donors (Lipinski definition) is 0. The number of rotatable bonds is 6. The second-order valence-corrected chi connectivity index (χ2v) is 9.68. The molecule has 5 rings (SSSR count). The summed E-state index contributed by atoms with van der Waals surface area (Å²) in [5.41, 5.74) is 3.56. The molecule has 5 heteroatoms. The zero-order valence-electron chi connectivity index (χ0n) is 18.7. The van der Waals surface area contributed by atoms with Crippen LogP contribution in [0, 0.1) is 5.92 Å². The molecule has 2 bridgehead atoms. The van der Waals surface area contributed by atoms with Crippen molar-refractivity contribution in [2.45, 2.75) is 50.1 Å². The van der Waals surface area contributed by atoms with E-state index in [0.717, 1.165) is 43.2 Å². The molecule has 3 atom stereocenters. The molecule has 1 saturated heterocycles. The van der Waals surface area contributed by atoms with Crippen LogP contribution < -0.4 is 4.74 Å². The Hall–Kier alpha value is -2.53. The van der Waals surface area contributed by atoms with Crippen LogP contribution in [0.1, 0.15) is 42.9 Å². The molecule has 1 saturated carbocycles. The summed E-state index contributed by atoms with van der Waals surface area (Å²) in [6.07, 6.45) is 11.5. The van der Waals surface area contributed by atoms with E-state index in [0.29, 0.717) is 6.04 Å². The molecule has 2 aromatic rings. The number of carbonyl (C=O) groups excluding carboxylic acids is 1. The number of nitrogens with zero attached hydrogens (tertiary/aromatic N) is 2. The van der Waals surface area contributed by atoms with E-state index in [1.165, 1.54) is 24.0 Å². The number of hydrogen-bond acceptors (Lipinski definition) is 4. The number of amides is 1. The van der Waals surface area contributed by atoms with Gasteiger partial charge in [0.05, 0.1) is 25.7 Å². The first kappa shape index (κ1) is 20.4. The SMILES string of the molecule is COc1ccc2c(c1)[C@@]1(C)CCN(CC3CC3)C(C2)[C@H]1N(C)C(=O)C=Cc1ccoc1. The fraction of sp³-hybridized carbons (Fsp3) is 0.500. The number of likely N-dealkylation sites (N-methyl/N-ethyl adjacent to an activating group) is 1. The number of piperidine rings is 1. The van der Waals surface area contributed by atoms with Gasteiger partial charge in [0, 0.05) is 36.7 Å². The van der Waals surface area contributed by atoms with Gasteiger partial charge < -0.3 is 14.1 Å². The molecule has 1 unspecified atom stereocenters. The molecule has 0 radical (unpaired) electrons. The molecule has 2 heterocycles. The summed E-state index contributed by atoms with van der Waals surface area (Å²) in [6, 6.07) is 8.84. The highest BCUT2D eigenvalue weighted by atomic mass is 16.5. The highest BCUT2D eigenvalue weighted by Gasteiger charge is 2.53. The van der Waals surface area contributed by atoms with Crippen LogP contribution in [0.15, 0.2) is 47.3 Å². The maximum atomic E-state index is 13.3. The summed E-state index contributed by atoms with van der Waals surface area (Å²) in [6.45, 7) is 4.60. The Kier molecular flexibility index (Phi) is 5.17. The molecule has 2 aliphatic carbocycles. The average Bonchev–Trinajstić information content (AvgIpc) is 3.44. The minimum absolute atomic E-state index is 0.0436. The van der Waals surface area contributed by atoms with Gasteiger partial charge in [0.25, 0.3) is 0 Å². The molecular weight excluding hydrogens is 388 g/mol. The third-order valence-corrected chi connectivity index (χ3v) is 7.68. The van der Waals surface area contributed by atoms with Crippen LogP contribution >= 0.6 is 0 Å². The van der Waals surface area contributed by atoms with Gasteiger partial charge in [0.2, 0.25) is 5.91 Å². The fourth-order valence-electron chi connectivity index (χ4n) is 5.80. The van der Waals surface area contributed by atoms with E-state index >= 15 is 0 Å². The fourth-order valence-corrected chi connectivity index (χ4v) is 5.80. The number of furan rings is 1. The molecule has 0 spiro atoms. The lowest BCUT2D eigenvalue weighted by Crippen LogP contribution is -2.68. The third-order valence-electron chi connectivity index (χ3n) is 7.68. The van der Waals surface area contributed by atoms with Crippen LogP contribution in [-0.2, 0) is 16.6 Å². The van der Waals surface area contributed by atoms with E-state index in [4.69, 9.17) is 9.15 Å². The Morgan fingerprint density at radius 1 is 1.35 bits per heavy atom. The van der Waals surface area contributed by atoms with Crippen molar-refractivity contribution in [1.29, 1.82) is 0 Å². The summed E-state index contributed by atoms with van der Waals surface area (Å²) in [4.78, 5) is 17.9. The van der Waals surface area contributed by atoms with Crippen molar-refractivity contribution >= 4 is 12.0 Å². The van der Waals surface area contributed by atoms with Crippen molar-refractivity contribution in [2.75, 3.05) is 27.2 Å². The van der Waals surface area contributed by atoms with Gasteiger partial charge in [-0.15, -0.1) is 0 Å². The standard InChI is InChI=1S/C26H32N2O3/c1-26-11-12-28(16-18-4-5-18)23(14-20-7-8-21(30-3)15-22(20)26)25(26)27(2)24(29)9-6-19-10-13-31-17-19/h6-10,13,15,17-18,23,25H,4-5,11-12,14,16H2,1-3H3/t23?,25-,26-/m1/s1. The lowest BCUT2D eigenvalue weighted by molar-refractivity contribution is -0.132. The summed E-state index contributed by atoms with van der Waals surface area (Å²) in [5, 5.41) is 0. The molecule has 164 valence electrons. The van der Waals surface area contributed by atoms with Crippen LogP contribution in [0.5, 0.6) is 5.75 Å². The Balaban J connectivity index is 1.50. The molecule has 1 amide bonds. The first-order valence-corrected chi connectivity index (χ1v) is 11.4. The Morgan fingerprint density at radius 2 is 2.19 bits per heavy atom. The molecular formula is C26H32N2O3. The zero-order valence-corrected chi connectivity index (χ0v) is 18.7. The molecule has 5 nitrogen and oxygen atoms in total. The van der Waals surface area contributed by atoms with Gasteiger partial charge in [-0.25, -0.2) is 0 Å². The van der Waals surface area contributed by atoms with E-state index in [9.17, 15) is 4.79 Å². The predicted octanol–water partition coefficient (Wildman–Crippen LogP) is 4.13. The van der Waals surface area contributed by atoms with Gasteiger partial charge in [-0.2, -0.15) is 0 Å². The van der Waals surface area contributed by atoms with Crippen LogP contribution in [0.3, 0.4) is 0 Å². The number of methoxy groups -OCH3 is 1. The third kappa shape index (κ3) is 3.69. The minimum Gasteiger partial charge on any atom is -0.497 e. The lowest BCUT2D eigenvalue weighted by Gasteiger charge is -2.58. The first-order chi connectivity index (χ1) is 15.0. The smallest absolute Gasteiger partial charge is 0.246 e. The molecule has 1 aromatic carbocycles. The van der Waals surface area contributed by atoms with Crippen molar-refractivity contribution in [2.24, 2.45) is 5.92 Å². The Morgan fingerprint density at radius 3 is 2.90 bits per heavy atom. The molecule has 1 aliphatic heterocycles. The molecule has 31 heavy (non-hydrogen) atoms. The summed E-state index contributed by atoms with van der Waals surface area (Å²) < 4.78 is 10.7. The van der Waals surface area contributed by atoms with Crippen LogP contribution in [-0.4, -0.2) is 55.0 Å². The first-order valence-electron chi connectivity index (χ1n) is 11.4. The van der Waals surface area contributed by atoms with E-state index in [1.54, 1.807) is 25.7 Å². The van der Waals surface area contributed by atoms with Crippen molar-refractivity contribution in [3.05, 3.63) is 59.6 Å². The van der Waals surface area contributed by atoms with Crippen molar-refractivity contribution < 1.29 is 13.9 Å². The Labute approximate surface area is 184 Å². The zero-order chi connectivity index (χ0) is 21.6. The van der Waals surface area contributed by atoms with Crippen LogP contribution in [0.25, 0.3) is 6.08 Å². The van der Waals surface area contributed by atoms with Gasteiger partial charge in [-0.05, 0) is 73.5 Å². The Bertz CT molecular complexity index is 979. The van der Waals surface area contributed by atoms with Crippen molar-refractivity contribution in [3.63, 3.8) is 0 Å². The van der Waals surface area contributed by atoms with Gasteiger partial charge in [-0.3, -0.25) is 9.69 Å². The van der Waals surface area contributed by atoms with Gasteiger partial charge in [0.15, 0.2) is 0 Å². The molecule has 0 N–H and O–H groups in total. The number of ether oxygens (including phenoxy) is 1. The molecule has 3 aliphatic rings. The maximum absolute atomic E-state index is 13.3. The largest absolute Gasteiger partial charge is 0.497 e. The normalized spacial score (nSPS) is 27.8. The summed E-state index contributed by atoms with van der Waals surface area (Å²) >= 11 is 0. The average molecular weight is 421 g/mol. The predicted molar refractivity (Wildman–Crippen MR) is 121 cm³/mol. The number of benzene rings is 1. The minimum atomic E-state index is -0.0965. The number of likely N-dealkylation sites (tertiary alicyclic amines) is 1. The van der Waals surface area contributed by atoms with E-state index in [2.05, 4.69) is 30.0 Å². The van der Waals surface area contributed by atoms with Crippen molar-refractivity contribution in [3.8, 4) is 5.75 Å². The van der Waals surface area contributed by atoms with E-state index in [-0.39, 0.29) is 17.4 Å². The highest BCUT2D eigenvalue weighted by molar-refractivity contribution is 5.92. The molecule has 1 aromatic heterocycles. The van der Waals surface area contributed by atoms with Gasteiger partial charge in [0.1, 0.15) is 5.75 Å². The number of fused-ring (bicyclic) bond motifs is 4. The second-order valence-electron chi connectivity index (χ2n) is 9.68. The quantitative estimate of drug-likeness (QED) is 0.660. The topological polar surface area (TPSA) is 45.9 Å². The van der Waals surface area contributed by atoms with Crippen LogP contribution in [0.4, 0.5) is 0 Å². The summed E-state index contributed by atoms with van der Waals surface area (Å²) in [5.74, 6) is 1.78. The lowest BCUT2D eigenvalue weighted by atomic mass is 9.61. The monoisotopic (exact) mass is 420 g/mol. The van der Waals surface area contributed by atoms with E-state index < -0.39 is 0 Å². The highest BCUT2D eigenvalue weighted by Crippen LogP contribution is 2.48. The van der Waals surface area contributed by atoms with Gasteiger partial charge >= 0.3 is 0 Å². The number of carbonyl (C=O) groups is 1. The van der Waals surface area contributed by atoms with Gasteiger partial charge in [-0.1, -0.05) is 13.0 Å². The summed E-state index contributed by atoms with van der Waals surface area (Å²) in [7, 11) is 3.70. The molecule has 2 fully saturated rings. The second kappa shape index (κ2) is 7.86. The van der Waals surface area contributed by atoms with Crippen molar-refractivity contribution in [1.82, 2.24) is 9.80 Å².